The number of benzene rings is 2. The summed E-state index contributed by atoms with van der Waals surface area (Å²) in [4.78, 5) is 30.8. The van der Waals surface area contributed by atoms with Crippen LogP contribution in [0.3, 0.4) is 0 Å². The fourth-order valence-electron chi connectivity index (χ4n) is 5.27. The van der Waals surface area contributed by atoms with E-state index in [-0.39, 0.29) is 29.9 Å². The van der Waals surface area contributed by atoms with Crippen molar-refractivity contribution in [3.63, 3.8) is 0 Å². The summed E-state index contributed by atoms with van der Waals surface area (Å²) in [6, 6.07) is 9.66. The Bertz CT molecular complexity index is 948. The van der Waals surface area contributed by atoms with Crippen molar-refractivity contribution in [2.75, 3.05) is 18.0 Å². The van der Waals surface area contributed by atoms with Crippen molar-refractivity contribution in [2.45, 2.75) is 57.7 Å². The van der Waals surface area contributed by atoms with E-state index in [9.17, 15) is 9.59 Å². The lowest BCUT2D eigenvalue weighted by atomic mass is 9.90. The normalized spacial score (nSPS) is 27.6. The van der Waals surface area contributed by atoms with E-state index < -0.39 is 0 Å². The van der Waals surface area contributed by atoms with E-state index >= 15 is 0 Å². The Morgan fingerprint density at radius 2 is 1.45 bits per heavy atom. The van der Waals surface area contributed by atoms with Crippen LogP contribution in [0.15, 0.2) is 30.3 Å². The zero-order valence-electron chi connectivity index (χ0n) is 17.1. The monoisotopic (exact) mass is 392 g/mol. The maximum absolute atomic E-state index is 13.5. The van der Waals surface area contributed by atoms with E-state index in [0.29, 0.717) is 11.1 Å². The number of carbonyl (C=O) groups excluding carboxylic acids is 2. The van der Waals surface area contributed by atoms with E-state index in [1.807, 2.05) is 32.0 Å². The average molecular weight is 393 g/mol. The Hall–Kier alpha value is -2.44. The van der Waals surface area contributed by atoms with Crippen LogP contribution in [0, 0.1) is 0 Å². The van der Waals surface area contributed by atoms with Crippen LogP contribution < -0.4 is 15.8 Å². The van der Waals surface area contributed by atoms with Gasteiger partial charge in [-0.05, 0) is 44.9 Å². The van der Waals surface area contributed by atoms with Gasteiger partial charge in [-0.25, -0.2) is 0 Å². The van der Waals surface area contributed by atoms with Crippen LogP contribution in [-0.4, -0.2) is 47.9 Å². The molecule has 3 aliphatic heterocycles. The molecule has 2 aromatic carbocycles. The first-order chi connectivity index (χ1) is 14.1. The number of anilines is 1. The van der Waals surface area contributed by atoms with Crippen molar-refractivity contribution in [3.05, 3.63) is 41.5 Å². The van der Waals surface area contributed by atoms with Gasteiger partial charge in [0.2, 0.25) is 0 Å². The van der Waals surface area contributed by atoms with Crippen molar-refractivity contribution in [1.82, 2.24) is 15.8 Å². The molecule has 2 atom stereocenters. The van der Waals surface area contributed by atoms with Crippen molar-refractivity contribution in [3.8, 4) is 0 Å². The molecule has 2 amide bonds. The third-order valence-electron chi connectivity index (χ3n) is 6.72. The molecule has 0 aliphatic carbocycles. The van der Waals surface area contributed by atoms with Crippen LogP contribution in [0.4, 0.5) is 5.69 Å². The van der Waals surface area contributed by atoms with Gasteiger partial charge in [0.25, 0.3) is 11.8 Å². The third-order valence-corrected chi connectivity index (χ3v) is 6.72. The predicted molar refractivity (Wildman–Crippen MR) is 114 cm³/mol. The fourth-order valence-corrected chi connectivity index (χ4v) is 5.27. The number of nitrogens with one attached hydrogen (secondary N) is 2. The van der Waals surface area contributed by atoms with Gasteiger partial charge in [-0.3, -0.25) is 25.3 Å². The quantitative estimate of drug-likeness (QED) is 0.769. The van der Waals surface area contributed by atoms with Gasteiger partial charge in [0, 0.05) is 52.8 Å². The first-order valence-corrected chi connectivity index (χ1v) is 10.8. The maximum atomic E-state index is 13.5. The van der Waals surface area contributed by atoms with Crippen LogP contribution in [0.25, 0.3) is 10.8 Å². The topological polar surface area (TPSA) is 64.7 Å². The molecule has 2 N–H and O–H groups in total. The molecule has 0 saturated carbocycles. The summed E-state index contributed by atoms with van der Waals surface area (Å²) in [7, 11) is 0. The number of carbonyl (C=O) groups is 2. The van der Waals surface area contributed by atoms with Crippen molar-refractivity contribution >= 4 is 28.3 Å². The summed E-state index contributed by atoms with van der Waals surface area (Å²) in [6.07, 6.45) is 4.91. The van der Waals surface area contributed by atoms with Crippen LogP contribution in [-0.2, 0) is 0 Å². The number of hydrogen-bond acceptors (Lipinski definition) is 5. The predicted octanol–water partition coefficient (Wildman–Crippen LogP) is 3.07. The van der Waals surface area contributed by atoms with Crippen LogP contribution in [0.2, 0.25) is 0 Å². The molecule has 2 fully saturated rings. The van der Waals surface area contributed by atoms with E-state index in [0.717, 1.165) is 29.5 Å². The highest BCUT2D eigenvalue weighted by Crippen LogP contribution is 2.38. The standard InChI is InChI=1S/C23H28N4O2/c1-14-21(15(2)25-24-14)27-22(28)17-9-7-8-16-19(26-12-5-3-4-6-13-26)11-10-18(20(16)17)23(27)29/h7-11,14-15,21,24-25H,3-6,12-13H2,1-2H3. The molecule has 2 unspecified atom stereocenters. The second-order valence-corrected chi connectivity index (χ2v) is 8.60. The summed E-state index contributed by atoms with van der Waals surface area (Å²) in [5.41, 5.74) is 8.75. The maximum Gasteiger partial charge on any atom is 0.261 e. The SMILES string of the molecule is CC1NNC(C)C1N1C(=O)c2cccc3c(N4CCCCCC4)ccc(c23)C1=O. The zero-order valence-corrected chi connectivity index (χ0v) is 17.1. The minimum absolute atomic E-state index is 0.00461. The van der Waals surface area contributed by atoms with E-state index in [1.165, 1.54) is 30.6 Å². The second-order valence-electron chi connectivity index (χ2n) is 8.60. The number of imide groups is 1. The summed E-state index contributed by atoms with van der Waals surface area (Å²) < 4.78 is 0. The Morgan fingerprint density at radius 1 is 0.828 bits per heavy atom. The molecule has 0 radical (unpaired) electrons. The van der Waals surface area contributed by atoms with Crippen molar-refractivity contribution in [2.24, 2.45) is 0 Å². The molecule has 6 heteroatoms. The zero-order chi connectivity index (χ0) is 20.1. The summed E-state index contributed by atoms with van der Waals surface area (Å²) >= 11 is 0. The molecule has 3 heterocycles. The average Bonchev–Trinajstić information content (AvgIpc) is 2.92. The van der Waals surface area contributed by atoms with E-state index in [4.69, 9.17) is 0 Å². The first kappa shape index (κ1) is 18.6. The highest BCUT2D eigenvalue weighted by atomic mass is 16.2. The molecule has 152 valence electrons. The van der Waals surface area contributed by atoms with E-state index in [2.05, 4.69) is 27.9 Å². The number of nitrogens with zero attached hydrogens (tertiary/aromatic N) is 2. The van der Waals surface area contributed by atoms with Gasteiger partial charge in [0.05, 0.1) is 6.04 Å². The smallest absolute Gasteiger partial charge is 0.261 e. The first-order valence-electron chi connectivity index (χ1n) is 10.8. The number of amides is 2. The molecule has 2 aromatic rings. The van der Waals surface area contributed by atoms with Gasteiger partial charge in [0.1, 0.15) is 0 Å². The Kier molecular flexibility index (Phi) is 4.56. The Morgan fingerprint density at radius 3 is 2.10 bits per heavy atom. The highest BCUT2D eigenvalue weighted by molar-refractivity contribution is 6.27. The van der Waals surface area contributed by atoms with Crippen LogP contribution in [0.1, 0.15) is 60.2 Å². The molecule has 5 rings (SSSR count). The Balaban J connectivity index is 1.63. The Labute approximate surface area is 171 Å². The van der Waals surface area contributed by atoms with Gasteiger partial charge < -0.3 is 4.90 Å². The molecule has 0 aromatic heterocycles. The van der Waals surface area contributed by atoms with Gasteiger partial charge in [-0.15, -0.1) is 0 Å². The minimum atomic E-state index is -0.219. The minimum Gasteiger partial charge on any atom is -0.371 e. The van der Waals surface area contributed by atoms with Gasteiger partial charge in [0.15, 0.2) is 0 Å². The van der Waals surface area contributed by atoms with Crippen LogP contribution in [0.5, 0.6) is 0 Å². The molecule has 3 aliphatic rings. The molecular formula is C23H28N4O2. The second kappa shape index (κ2) is 7.11. The lowest BCUT2D eigenvalue weighted by molar-refractivity contribution is 0.0518. The number of hydrogen-bond donors (Lipinski definition) is 2. The lowest BCUT2D eigenvalue weighted by Gasteiger charge is -2.35. The molecule has 0 spiro atoms. The van der Waals surface area contributed by atoms with Crippen molar-refractivity contribution < 1.29 is 9.59 Å². The van der Waals surface area contributed by atoms with E-state index in [1.54, 1.807) is 0 Å². The molecule has 2 saturated heterocycles. The lowest BCUT2D eigenvalue weighted by Crippen LogP contribution is -2.54. The van der Waals surface area contributed by atoms with Gasteiger partial charge in [-0.1, -0.05) is 25.0 Å². The molecular weight excluding hydrogens is 364 g/mol. The van der Waals surface area contributed by atoms with Crippen molar-refractivity contribution in [1.29, 1.82) is 0 Å². The number of hydrazine groups is 1. The number of rotatable bonds is 2. The summed E-state index contributed by atoms with van der Waals surface area (Å²) in [5, 5.41) is 1.84. The fraction of sp³-hybridized carbons (Fsp3) is 0.478. The summed E-state index contributed by atoms with van der Waals surface area (Å²) in [6.45, 7) is 6.06. The molecule has 0 bridgehead atoms. The summed E-state index contributed by atoms with van der Waals surface area (Å²) in [5.74, 6) is -0.370. The molecule has 6 nitrogen and oxygen atoms in total. The third kappa shape index (κ3) is 2.85. The highest BCUT2D eigenvalue weighted by Gasteiger charge is 2.44. The van der Waals surface area contributed by atoms with Crippen LogP contribution >= 0.6 is 0 Å². The van der Waals surface area contributed by atoms with Gasteiger partial charge in [-0.2, -0.15) is 0 Å². The van der Waals surface area contributed by atoms with Gasteiger partial charge >= 0.3 is 0 Å². The molecule has 29 heavy (non-hydrogen) atoms. The largest absolute Gasteiger partial charge is 0.371 e.